The molecule has 0 aliphatic heterocycles. The maximum Gasteiger partial charge on any atom is 0.189 e. The van der Waals surface area contributed by atoms with Gasteiger partial charge in [-0.3, -0.25) is 0 Å². The van der Waals surface area contributed by atoms with Crippen LogP contribution >= 0.6 is 0 Å². The van der Waals surface area contributed by atoms with E-state index in [9.17, 15) is 8.42 Å². The molecule has 0 atom stereocenters. The Bertz CT molecular complexity index is 962. The number of rotatable bonds is 2. The van der Waals surface area contributed by atoms with Gasteiger partial charge < -0.3 is 0 Å². The second-order valence-corrected chi connectivity index (χ2v) is 6.93. The van der Waals surface area contributed by atoms with Crippen LogP contribution in [0.25, 0.3) is 10.8 Å². The molecule has 108 valence electrons. The van der Waals surface area contributed by atoms with Gasteiger partial charge in [-0.1, -0.05) is 60.4 Å². The first-order valence-corrected chi connectivity index (χ1v) is 8.56. The number of fused-ring (bicyclic) bond motifs is 1. The summed E-state index contributed by atoms with van der Waals surface area (Å²) >= 11 is 0. The van der Waals surface area contributed by atoms with Gasteiger partial charge in [0, 0.05) is 5.56 Å². The lowest BCUT2D eigenvalue weighted by molar-refractivity contribution is 0.599. The largest absolute Gasteiger partial charge is 0.223 e. The Balaban J connectivity index is 1.87. The van der Waals surface area contributed by atoms with Crippen LogP contribution in [-0.2, 0) is 9.84 Å². The number of hydrogen-bond acceptors (Lipinski definition) is 2. The second kappa shape index (κ2) is 6.05. The summed E-state index contributed by atoms with van der Waals surface area (Å²) in [6, 6.07) is 22.2. The van der Waals surface area contributed by atoms with Crippen LogP contribution in [0.2, 0.25) is 0 Å². The fourth-order valence-corrected chi connectivity index (χ4v) is 3.21. The minimum Gasteiger partial charge on any atom is -0.223 e. The molecule has 0 amide bonds. The van der Waals surface area contributed by atoms with Gasteiger partial charge >= 0.3 is 0 Å². The molecular weight excluding hydrogens is 292 g/mol. The van der Waals surface area contributed by atoms with E-state index in [-0.39, 0.29) is 5.75 Å². The summed E-state index contributed by atoms with van der Waals surface area (Å²) in [5, 5.41) is 1.94. The van der Waals surface area contributed by atoms with Crippen LogP contribution in [0.3, 0.4) is 0 Å². The van der Waals surface area contributed by atoms with E-state index in [0.29, 0.717) is 4.90 Å². The van der Waals surface area contributed by atoms with E-state index in [0.717, 1.165) is 16.3 Å². The first-order chi connectivity index (χ1) is 10.6. The Morgan fingerprint density at radius 1 is 0.773 bits per heavy atom. The van der Waals surface area contributed by atoms with E-state index in [1.807, 2.05) is 60.7 Å². The lowest BCUT2D eigenvalue weighted by Gasteiger charge is -2.03. The summed E-state index contributed by atoms with van der Waals surface area (Å²) in [5.41, 5.74) is 0.816. The average molecular weight is 306 g/mol. The lowest BCUT2D eigenvalue weighted by Crippen LogP contribution is -2.05. The van der Waals surface area contributed by atoms with Gasteiger partial charge in [0.05, 0.1) is 4.90 Å². The van der Waals surface area contributed by atoms with Crippen LogP contribution in [0, 0.1) is 11.8 Å². The van der Waals surface area contributed by atoms with Gasteiger partial charge in [-0.25, -0.2) is 8.42 Å². The van der Waals surface area contributed by atoms with Crippen molar-refractivity contribution in [3.8, 4) is 11.8 Å². The zero-order valence-corrected chi connectivity index (χ0v) is 12.7. The Hall–Kier alpha value is -2.57. The standard InChI is InChI=1S/C19H14O2S/c20-22(21,14-6-9-16-7-2-1-3-8-16)19-13-12-17-10-4-5-11-18(17)15-19/h1-5,7-8,10-13,15H,14H2. The predicted molar refractivity (Wildman–Crippen MR) is 89.3 cm³/mol. The van der Waals surface area contributed by atoms with E-state index in [1.165, 1.54) is 0 Å². The van der Waals surface area contributed by atoms with Crippen LogP contribution in [0.5, 0.6) is 0 Å². The lowest BCUT2D eigenvalue weighted by atomic mass is 10.1. The summed E-state index contributed by atoms with van der Waals surface area (Å²) in [6.45, 7) is 0. The molecule has 0 unspecified atom stereocenters. The molecule has 3 aromatic carbocycles. The highest BCUT2D eigenvalue weighted by atomic mass is 32.2. The molecule has 0 aromatic heterocycles. The molecule has 0 saturated carbocycles. The van der Waals surface area contributed by atoms with Crippen LogP contribution in [-0.4, -0.2) is 14.2 Å². The molecule has 0 heterocycles. The molecule has 3 aromatic rings. The maximum absolute atomic E-state index is 12.4. The molecule has 0 spiro atoms. The summed E-state index contributed by atoms with van der Waals surface area (Å²) in [6.07, 6.45) is 0. The first-order valence-electron chi connectivity index (χ1n) is 6.91. The van der Waals surface area contributed by atoms with E-state index >= 15 is 0 Å². The van der Waals surface area contributed by atoms with E-state index < -0.39 is 9.84 Å². The van der Waals surface area contributed by atoms with Gasteiger partial charge in [-0.05, 0) is 35.0 Å². The van der Waals surface area contributed by atoms with Crippen LogP contribution in [0.4, 0.5) is 0 Å². The monoisotopic (exact) mass is 306 g/mol. The summed E-state index contributed by atoms with van der Waals surface area (Å²) in [7, 11) is -3.40. The molecule has 0 saturated heterocycles. The summed E-state index contributed by atoms with van der Waals surface area (Å²) in [4.78, 5) is 0.313. The van der Waals surface area contributed by atoms with Crippen molar-refractivity contribution in [1.29, 1.82) is 0 Å². The van der Waals surface area contributed by atoms with Crippen LogP contribution in [0.15, 0.2) is 77.7 Å². The molecule has 3 heteroatoms. The number of benzene rings is 3. The molecule has 0 aliphatic rings. The molecular formula is C19H14O2S. The highest BCUT2D eigenvalue weighted by molar-refractivity contribution is 7.91. The Morgan fingerprint density at radius 3 is 2.23 bits per heavy atom. The normalized spacial score (nSPS) is 10.9. The Kier molecular flexibility index (Phi) is 3.95. The van der Waals surface area contributed by atoms with Gasteiger partial charge in [-0.15, -0.1) is 0 Å². The van der Waals surface area contributed by atoms with Crippen molar-refractivity contribution >= 4 is 20.6 Å². The van der Waals surface area contributed by atoms with Gasteiger partial charge in [0.25, 0.3) is 0 Å². The van der Waals surface area contributed by atoms with Gasteiger partial charge in [0.2, 0.25) is 0 Å². The molecule has 0 fully saturated rings. The van der Waals surface area contributed by atoms with Crippen molar-refractivity contribution < 1.29 is 8.42 Å². The third-order valence-corrected chi connectivity index (χ3v) is 4.85. The SMILES string of the molecule is O=S(=O)(CC#Cc1ccccc1)c1ccc2ccccc2c1. The zero-order chi connectivity index (χ0) is 15.4. The van der Waals surface area contributed by atoms with Crippen molar-refractivity contribution in [3.05, 3.63) is 78.4 Å². The molecule has 0 N–H and O–H groups in total. The fraction of sp³-hybridized carbons (Fsp3) is 0.0526. The topological polar surface area (TPSA) is 34.1 Å². The van der Waals surface area contributed by atoms with Crippen LogP contribution < -0.4 is 0 Å². The van der Waals surface area contributed by atoms with Crippen molar-refractivity contribution in [1.82, 2.24) is 0 Å². The van der Waals surface area contributed by atoms with Crippen molar-refractivity contribution in [2.75, 3.05) is 5.75 Å². The quantitative estimate of drug-likeness (QED) is 0.677. The molecule has 22 heavy (non-hydrogen) atoms. The highest BCUT2D eigenvalue weighted by Crippen LogP contribution is 2.19. The van der Waals surface area contributed by atoms with E-state index in [1.54, 1.807) is 12.1 Å². The van der Waals surface area contributed by atoms with Gasteiger partial charge in [-0.2, -0.15) is 0 Å². The van der Waals surface area contributed by atoms with Crippen molar-refractivity contribution in [2.24, 2.45) is 0 Å². The van der Waals surface area contributed by atoms with E-state index in [2.05, 4.69) is 11.8 Å². The molecule has 0 aliphatic carbocycles. The minimum atomic E-state index is -3.40. The summed E-state index contributed by atoms with van der Waals surface area (Å²) < 4.78 is 24.7. The smallest absolute Gasteiger partial charge is 0.189 e. The molecule has 2 nitrogen and oxygen atoms in total. The fourth-order valence-electron chi connectivity index (χ4n) is 2.20. The third-order valence-electron chi connectivity index (χ3n) is 3.35. The number of hydrogen-bond donors (Lipinski definition) is 0. The Morgan fingerprint density at radius 2 is 1.45 bits per heavy atom. The third kappa shape index (κ3) is 3.19. The minimum absolute atomic E-state index is 0.180. The maximum atomic E-state index is 12.4. The average Bonchev–Trinajstić information content (AvgIpc) is 2.55. The highest BCUT2D eigenvalue weighted by Gasteiger charge is 2.13. The van der Waals surface area contributed by atoms with E-state index in [4.69, 9.17) is 0 Å². The molecule has 0 radical (unpaired) electrons. The predicted octanol–water partition coefficient (Wildman–Crippen LogP) is 3.67. The van der Waals surface area contributed by atoms with Gasteiger partial charge in [0.15, 0.2) is 9.84 Å². The van der Waals surface area contributed by atoms with Crippen molar-refractivity contribution in [3.63, 3.8) is 0 Å². The van der Waals surface area contributed by atoms with Crippen LogP contribution in [0.1, 0.15) is 5.56 Å². The number of sulfone groups is 1. The second-order valence-electron chi connectivity index (χ2n) is 4.94. The summed E-state index contributed by atoms with van der Waals surface area (Å²) in [5.74, 6) is 5.45. The van der Waals surface area contributed by atoms with Crippen molar-refractivity contribution in [2.45, 2.75) is 4.90 Å². The zero-order valence-electron chi connectivity index (χ0n) is 11.9. The Labute approximate surface area is 130 Å². The van der Waals surface area contributed by atoms with Gasteiger partial charge in [0.1, 0.15) is 5.75 Å². The molecule has 0 bridgehead atoms. The first kappa shape index (κ1) is 14.4. The molecule has 3 rings (SSSR count).